The van der Waals surface area contributed by atoms with E-state index in [1.54, 1.807) is 19.1 Å². The lowest BCUT2D eigenvalue weighted by molar-refractivity contribution is -0.138. The van der Waals surface area contributed by atoms with E-state index in [9.17, 15) is 14.0 Å². The summed E-state index contributed by atoms with van der Waals surface area (Å²) < 4.78 is 29.7. The number of carbonyl (C=O) groups is 1. The number of benzene rings is 4. The number of hydrogen-bond donors (Lipinski definition) is 0. The molecule has 0 aliphatic carbocycles. The number of rotatable bonds is 8. The highest BCUT2D eigenvalue weighted by molar-refractivity contribution is 14.1. The third-order valence-corrected chi connectivity index (χ3v) is 9.52. The third-order valence-electron chi connectivity index (χ3n) is 7.11. The van der Waals surface area contributed by atoms with Crippen molar-refractivity contribution in [1.29, 1.82) is 0 Å². The van der Waals surface area contributed by atoms with Crippen LogP contribution in [-0.4, -0.2) is 17.1 Å². The van der Waals surface area contributed by atoms with Crippen LogP contribution in [0.1, 0.15) is 35.2 Å². The fraction of sp³-hybridized carbons (Fsp3) is 0.114. The van der Waals surface area contributed by atoms with Crippen LogP contribution in [-0.2, 0) is 16.1 Å². The van der Waals surface area contributed by atoms with Gasteiger partial charge in [-0.1, -0.05) is 84.1 Å². The van der Waals surface area contributed by atoms with Gasteiger partial charge < -0.3 is 9.47 Å². The fourth-order valence-electron chi connectivity index (χ4n) is 5.11. The number of esters is 1. The Balaban J connectivity index is 1.57. The molecule has 0 amide bonds. The molecular weight excluding hydrogens is 817 g/mol. The molecule has 10 heteroatoms. The van der Waals surface area contributed by atoms with Crippen molar-refractivity contribution in [2.24, 2.45) is 4.99 Å². The van der Waals surface area contributed by atoms with E-state index in [2.05, 4.69) is 45.2 Å². The van der Waals surface area contributed by atoms with Crippen LogP contribution < -0.4 is 19.6 Å². The maximum absolute atomic E-state index is 14.3. The molecule has 0 unspecified atom stereocenters. The normalized spacial score (nSPS) is 14.6. The predicted octanol–water partition coefficient (Wildman–Crippen LogP) is 6.86. The summed E-state index contributed by atoms with van der Waals surface area (Å²) >= 11 is 5.72. The summed E-state index contributed by atoms with van der Waals surface area (Å²) in [6, 6.07) is 28.1. The first kappa shape index (κ1) is 31.4. The van der Waals surface area contributed by atoms with Crippen molar-refractivity contribution in [1.82, 2.24) is 4.57 Å². The van der Waals surface area contributed by atoms with E-state index in [0.717, 1.165) is 18.3 Å². The van der Waals surface area contributed by atoms with E-state index in [-0.39, 0.29) is 17.7 Å². The van der Waals surface area contributed by atoms with Crippen LogP contribution in [0.4, 0.5) is 4.39 Å². The third kappa shape index (κ3) is 6.68. The molecule has 1 aliphatic heterocycles. The molecule has 0 N–H and O–H groups in total. The average molecular weight is 842 g/mol. The Morgan fingerprint density at radius 1 is 1.00 bits per heavy atom. The zero-order valence-electron chi connectivity index (χ0n) is 23.9. The second-order valence-corrected chi connectivity index (χ2v) is 13.5. The SMILES string of the molecule is CCOC(=O)C1=C(c2ccccc2)N=c2s/c(=C\c3cc(I)cc(I)c3OCc3ccccc3)c(=O)n2[C@H]1c1ccc(F)cc1. The van der Waals surface area contributed by atoms with Gasteiger partial charge in [0.25, 0.3) is 5.56 Å². The molecule has 0 saturated heterocycles. The van der Waals surface area contributed by atoms with Crippen molar-refractivity contribution in [3.05, 3.63) is 158 Å². The van der Waals surface area contributed by atoms with Gasteiger partial charge in [-0.25, -0.2) is 14.2 Å². The molecule has 226 valence electrons. The van der Waals surface area contributed by atoms with Crippen LogP contribution >= 0.6 is 56.5 Å². The number of hydrogen-bond acceptors (Lipinski definition) is 6. The first-order valence-electron chi connectivity index (χ1n) is 14.0. The van der Waals surface area contributed by atoms with Gasteiger partial charge >= 0.3 is 5.97 Å². The molecule has 0 fully saturated rings. The van der Waals surface area contributed by atoms with E-state index in [1.807, 2.05) is 78.9 Å². The molecule has 1 aliphatic rings. The van der Waals surface area contributed by atoms with Crippen molar-refractivity contribution in [3.63, 3.8) is 0 Å². The molecule has 4 aromatic carbocycles. The Morgan fingerprint density at radius 2 is 1.69 bits per heavy atom. The highest BCUT2D eigenvalue weighted by Crippen LogP contribution is 2.35. The van der Waals surface area contributed by atoms with Crippen LogP contribution in [0.25, 0.3) is 11.8 Å². The molecule has 45 heavy (non-hydrogen) atoms. The van der Waals surface area contributed by atoms with Crippen LogP contribution in [0.15, 0.2) is 112 Å². The second kappa shape index (κ2) is 13.8. The van der Waals surface area contributed by atoms with Crippen molar-refractivity contribution >= 4 is 74.3 Å². The van der Waals surface area contributed by atoms with E-state index in [0.29, 0.717) is 38.5 Å². The van der Waals surface area contributed by atoms with Crippen LogP contribution in [0.3, 0.4) is 0 Å². The molecular formula is C35H25FI2N2O4S. The topological polar surface area (TPSA) is 69.9 Å². The number of fused-ring (bicyclic) bond motifs is 1. The molecule has 6 rings (SSSR count). The highest BCUT2D eigenvalue weighted by atomic mass is 127. The summed E-state index contributed by atoms with van der Waals surface area (Å²) in [5.74, 6) is -0.349. The van der Waals surface area contributed by atoms with Gasteiger partial charge in [0, 0.05) is 14.7 Å². The predicted molar refractivity (Wildman–Crippen MR) is 190 cm³/mol. The van der Waals surface area contributed by atoms with Crippen molar-refractivity contribution in [3.8, 4) is 5.75 Å². The van der Waals surface area contributed by atoms with Crippen LogP contribution in [0.2, 0.25) is 0 Å². The number of ether oxygens (including phenoxy) is 2. The molecule has 0 spiro atoms. The molecule has 1 atom stereocenters. The van der Waals surface area contributed by atoms with Gasteiger partial charge in [0.1, 0.15) is 18.2 Å². The maximum atomic E-state index is 14.3. The molecule has 1 aromatic heterocycles. The lowest BCUT2D eigenvalue weighted by Gasteiger charge is -2.25. The fourth-order valence-corrected chi connectivity index (χ4v) is 8.15. The first-order chi connectivity index (χ1) is 21.8. The van der Waals surface area contributed by atoms with Crippen LogP contribution in [0.5, 0.6) is 5.75 Å². The summed E-state index contributed by atoms with van der Waals surface area (Å²) in [5.41, 5.74) is 3.33. The summed E-state index contributed by atoms with van der Waals surface area (Å²) in [5, 5.41) is 0. The van der Waals surface area contributed by atoms with Gasteiger partial charge in [-0.3, -0.25) is 9.36 Å². The molecule has 0 saturated carbocycles. The molecule has 2 heterocycles. The van der Waals surface area contributed by atoms with Gasteiger partial charge in [0.15, 0.2) is 4.80 Å². The zero-order valence-corrected chi connectivity index (χ0v) is 29.0. The monoisotopic (exact) mass is 842 g/mol. The van der Waals surface area contributed by atoms with Gasteiger partial charge in [0.05, 0.1) is 32.0 Å². The largest absolute Gasteiger partial charge is 0.487 e. The van der Waals surface area contributed by atoms with Gasteiger partial charge in [-0.05, 0) is 93.6 Å². The molecule has 0 bridgehead atoms. The summed E-state index contributed by atoms with van der Waals surface area (Å²) in [6.07, 6.45) is 1.81. The molecule has 6 nitrogen and oxygen atoms in total. The second-order valence-electron chi connectivity index (χ2n) is 10.1. The van der Waals surface area contributed by atoms with Crippen LogP contribution in [0, 0.1) is 13.0 Å². The standard InChI is InChI=1S/C35H25FI2N2O4S/c1-2-43-34(42)29-30(22-11-7-4-8-12-22)39-35-40(31(29)23-13-15-25(36)16-14-23)33(41)28(45-35)18-24-17-26(37)19-27(38)32(24)44-20-21-9-5-3-6-10-21/h3-19,31H,2,20H2,1H3/b28-18-/t31-/m0/s1. The highest BCUT2D eigenvalue weighted by Gasteiger charge is 2.35. The first-order valence-corrected chi connectivity index (χ1v) is 17.0. The minimum absolute atomic E-state index is 0.141. The Hall–Kier alpha value is -3.62. The minimum atomic E-state index is -0.886. The molecule has 0 radical (unpaired) electrons. The lowest BCUT2D eigenvalue weighted by Crippen LogP contribution is -2.40. The quantitative estimate of drug-likeness (QED) is 0.127. The average Bonchev–Trinajstić information content (AvgIpc) is 3.35. The minimum Gasteiger partial charge on any atom is -0.487 e. The number of nitrogens with zero attached hydrogens (tertiary/aromatic N) is 2. The molecule has 5 aromatic rings. The van der Waals surface area contributed by atoms with Crippen molar-refractivity contribution in [2.45, 2.75) is 19.6 Å². The summed E-state index contributed by atoms with van der Waals surface area (Å²) in [4.78, 5) is 33.2. The zero-order chi connectivity index (χ0) is 31.5. The Bertz CT molecular complexity index is 2090. The maximum Gasteiger partial charge on any atom is 0.338 e. The van der Waals surface area contributed by atoms with E-state index in [1.165, 1.54) is 28.0 Å². The van der Waals surface area contributed by atoms with Crippen molar-refractivity contribution in [2.75, 3.05) is 6.61 Å². The summed E-state index contributed by atoms with van der Waals surface area (Å²) in [7, 11) is 0. The smallest absolute Gasteiger partial charge is 0.338 e. The Morgan fingerprint density at radius 3 is 2.38 bits per heavy atom. The van der Waals surface area contributed by atoms with E-state index in [4.69, 9.17) is 14.5 Å². The van der Waals surface area contributed by atoms with E-state index >= 15 is 0 Å². The summed E-state index contributed by atoms with van der Waals surface area (Å²) in [6.45, 7) is 2.23. The number of aromatic nitrogens is 1. The van der Waals surface area contributed by atoms with Gasteiger partial charge in [0.2, 0.25) is 0 Å². The van der Waals surface area contributed by atoms with Gasteiger partial charge in [-0.2, -0.15) is 0 Å². The van der Waals surface area contributed by atoms with E-state index < -0.39 is 17.8 Å². The van der Waals surface area contributed by atoms with Crippen molar-refractivity contribution < 1.29 is 18.7 Å². The Labute approximate surface area is 289 Å². The Kier molecular flexibility index (Phi) is 9.61. The number of thiazole rings is 1. The number of halogens is 3. The van der Waals surface area contributed by atoms with Gasteiger partial charge in [-0.15, -0.1) is 0 Å². The number of carbonyl (C=O) groups excluding carboxylic acids is 1. The lowest BCUT2D eigenvalue weighted by atomic mass is 9.93.